The smallest absolute Gasteiger partial charge is 0.391 e. The summed E-state index contributed by atoms with van der Waals surface area (Å²) in [5, 5.41) is 13.9. The molecule has 9 heteroatoms. The van der Waals surface area contributed by atoms with E-state index in [4.69, 9.17) is 14.8 Å². The fourth-order valence-corrected chi connectivity index (χ4v) is 9.19. The number of carbonyl (C=O) groups excluding carboxylic acids is 1. The average molecular weight is 873 g/mol. The molecule has 0 bridgehead atoms. The Morgan fingerprint density at radius 2 is 0.767 bits per heavy atom. The second-order valence-electron chi connectivity index (χ2n) is 18.5. The summed E-state index contributed by atoms with van der Waals surface area (Å²) < 4.78 is 22.3. The van der Waals surface area contributed by atoms with Crippen LogP contribution in [0, 0.1) is 0 Å². The van der Waals surface area contributed by atoms with Crippen LogP contribution in [0.5, 0.6) is 0 Å². The highest BCUT2D eigenvalue weighted by Gasteiger charge is 2.27. The van der Waals surface area contributed by atoms with Gasteiger partial charge < -0.3 is 21.1 Å². The van der Waals surface area contributed by atoms with Crippen molar-refractivity contribution in [3.63, 3.8) is 0 Å². The lowest BCUT2D eigenvalue weighted by molar-refractivity contribution is -0.123. The maximum atomic E-state index is 12.9. The lowest BCUT2D eigenvalue weighted by atomic mass is 10.0. The topological polar surface area (TPSA) is 131 Å². The van der Waals surface area contributed by atoms with Crippen LogP contribution in [0.3, 0.4) is 0 Å². The first-order valence-corrected chi connectivity index (χ1v) is 28.1. The first kappa shape index (κ1) is 59.5. The Kier molecular flexibility index (Phi) is 47.6. The molecule has 5 N–H and O–H groups in total. The third-order valence-electron chi connectivity index (χ3n) is 12.5. The Balaban J connectivity index is 3.95. The van der Waals surface area contributed by atoms with Gasteiger partial charge in [-0.05, 0) is 12.8 Å². The van der Waals surface area contributed by atoms with Crippen molar-refractivity contribution in [3.8, 4) is 0 Å². The first-order chi connectivity index (χ1) is 29.4. The second-order valence-corrected chi connectivity index (χ2v) is 19.9. The highest BCUT2D eigenvalue weighted by atomic mass is 31.2. The van der Waals surface area contributed by atoms with E-state index in [9.17, 15) is 19.4 Å². The predicted molar refractivity (Wildman–Crippen MR) is 259 cm³/mol. The minimum Gasteiger partial charge on any atom is -0.391 e. The maximum absolute atomic E-state index is 12.9. The number of phosphoric ester groups is 1. The van der Waals surface area contributed by atoms with Crippen molar-refractivity contribution >= 4 is 13.7 Å². The summed E-state index contributed by atoms with van der Waals surface area (Å²) in [7, 11) is -4.32. The Hall–Kier alpha value is -0.500. The summed E-state index contributed by atoms with van der Waals surface area (Å²) >= 11 is 0. The molecule has 360 valence electrons. The van der Waals surface area contributed by atoms with E-state index < -0.39 is 20.0 Å². The first-order valence-electron chi connectivity index (χ1n) is 26.7. The number of hydrogen-bond acceptors (Lipinski definition) is 6. The number of amides is 1. The molecule has 0 rings (SSSR count). The number of aliphatic hydroxyl groups excluding tert-OH is 1. The SMILES string of the molecule is CCCCCCCCCCCCCCCCCCCCCCCCCCC(=O)N[C@@H](COP(=O)(O)OCCN)[C@H](O)CCCCCCCCCCCCCCCCCCC. The third kappa shape index (κ3) is 45.5. The van der Waals surface area contributed by atoms with Crippen LogP contribution in [-0.2, 0) is 18.4 Å². The molecule has 0 saturated carbocycles. The summed E-state index contributed by atoms with van der Waals surface area (Å²) in [6, 6.07) is -0.769. The van der Waals surface area contributed by atoms with Crippen molar-refractivity contribution < 1.29 is 28.4 Å². The molecule has 1 unspecified atom stereocenters. The van der Waals surface area contributed by atoms with Crippen LogP contribution >= 0.6 is 7.82 Å². The van der Waals surface area contributed by atoms with Gasteiger partial charge in [-0.3, -0.25) is 13.8 Å². The largest absolute Gasteiger partial charge is 0.472 e. The Morgan fingerprint density at radius 3 is 1.07 bits per heavy atom. The van der Waals surface area contributed by atoms with Crippen molar-refractivity contribution in [2.24, 2.45) is 5.73 Å². The Labute approximate surface area is 373 Å². The van der Waals surface area contributed by atoms with Crippen LogP contribution < -0.4 is 11.1 Å². The van der Waals surface area contributed by atoms with Crippen molar-refractivity contribution in [2.45, 2.75) is 302 Å². The zero-order chi connectivity index (χ0) is 43.9. The monoisotopic (exact) mass is 873 g/mol. The van der Waals surface area contributed by atoms with Gasteiger partial charge in [0, 0.05) is 13.0 Å². The van der Waals surface area contributed by atoms with E-state index >= 15 is 0 Å². The molecular formula is C51H105N2O6P. The van der Waals surface area contributed by atoms with Gasteiger partial charge in [-0.15, -0.1) is 0 Å². The molecule has 0 aromatic heterocycles. The summed E-state index contributed by atoms with van der Waals surface area (Å²) in [5.41, 5.74) is 5.40. The molecule has 3 atom stereocenters. The van der Waals surface area contributed by atoms with Gasteiger partial charge in [-0.2, -0.15) is 0 Å². The number of rotatable bonds is 51. The molecule has 0 aromatic carbocycles. The molecule has 0 aliphatic rings. The number of aliphatic hydroxyl groups is 1. The third-order valence-corrected chi connectivity index (χ3v) is 13.4. The number of nitrogens with one attached hydrogen (secondary N) is 1. The minimum absolute atomic E-state index is 0.0929. The van der Waals surface area contributed by atoms with Gasteiger partial charge in [0.15, 0.2) is 0 Å². The van der Waals surface area contributed by atoms with Crippen LogP contribution in [-0.4, -0.2) is 47.8 Å². The number of hydrogen-bond donors (Lipinski definition) is 4. The van der Waals surface area contributed by atoms with Gasteiger partial charge in [0.25, 0.3) is 0 Å². The summed E-state index contributed by atoms with van der Waals surface area (Å²) in [6.07, 6.45) is 54.2. The Bertz CT molecular complexity index is 911. The van der Waals surface area contributed by atoms with E-state index in [2.05, 4.69) is 19.2 Å². The number of unbranched alkanes of at least 4 members (excludes halogenated alkanes) is 39. The maximum Gasteiger partial charge on any atom is 0.472 e. The van der Waals surface area contributed by atoms with Crippen LogP contribution in [0.2, 0.25) is 0 Å². The molecule has 8 nitrogen and oxygen atoms in total. The predicted octanol–water partition coefficient (Wildman–Crippen LogP) is 15.7. The molecular weight excluding hydrogens is 768 g/mol. The zero-order valence-electron chi connectivity index (χ0n) is 40.2. The molecule has 0 radical (unpaired) electrons. The quantitative estimate of drug-likeness (QED) is 0.0354. The van der Waals surface area contributed by atoms with Crippen LogP contribution in [0.1, 0.15) is 290 Å². The van der Waals surface area contributed by atoms with Crippen molar-refractivity contribution in [2.75, 3.05) is 19.8 Å². The van der Waals surface area contributed by atoms with Crippen molar-refractivity contribution in [1.29, 1.82) is 0 Å². The van der Waals surface area contributed by atoms with E-state index in [1.54, 1.807) is 0 Å². The molecule has 0 saturated heterocycles. The molecule has 0 aromatic rings. The summed E-state index contributed by atoms with van der Waals surface area (Å²) in [4.78, 5) is 22.9. The van der Waals surface area contributed by atoms with Gasteiger partial charge in [0.1, 0.15) is 0 Å². The molecule has 0 aliphatic heterocycles. The zero-order valence-corrected chi connectivity index (χ0v) is 41.1. The van der Waals surface area contributed by atoms with Crippen LogP contribution in [0.4, 0.5) is 0 Å². The van der Waals surface area contributed by atoms with Crippen molar-refractivity contribution in [1.82, 2.24) is 5.32 Å². The molecule has 0 aliphatic carbocycles. The van der Waals surface area contributed by atoms with Gasteiger partial charge in [0.05, 0.1) is 25.4 Å². The molecule has 0 fully saturated rings. The van der Waals surface area contributed by atoms with E-state index in [0.717, 1.165) is 38.5 Å². The van der Waals surface area contributed by atoms with E-state index in [1.807, 2.05) is 0 Å². The van der Waals surface area contributed by atoms with E-state index in [-0.39, 0.29) is 25.7 Å². The van der Waals surface area contributed by atoms with Gasteiger partial charge in [-0.25, -0.2) is 4.57 Å². The molecule has 1 amide bonds. The van der Waals surface area contributed by atoms with Gasteiger partial charge in [0.2, 0.25) is 5.91 Å². The van der Waals surface area contributed by atoms with Crippen LogP contribution in [0.25, 0.3) is 0 Å². The molecule has 0 heterocycles. The van der Waals surface area contributed by atoms with Crippen LogP contribution in [0.15, 0.2) is 0 Å². The number of carbonyl (C=O) groups is 1. The molecule has 0 spiro atoms. The number of phosphoric acid groups is 1. The minimum atomic E-state index is -4.32. The highest BCUT2D eigenvalue weighted by Crippen LogP contribution is 2.43. The Morgan fingerprint density at radius 1 is 0.483 bits per heavy atom. The number of nitrogens with two attached hydrogens (primary N) is 1. The van der Waals surface area contributed by atoms with E-state index in [0.29, 0.717) is 12.8 Å². The van der Waals surface area contributed by atoms with E-state index in [1.165, 1.54) is 225 Å². The molecule has 60 heavy (non-hydrogen) atoms. The fraction of sp³-hybridized carbons (Fsp3) is 0.980. The normalized spacial score (nSPS) is 13.8. The standard InChI is InChI=1S/C51H105N2O6P/c1-3-5-7-9-11-13-15-17-19-21-22-23-24-25-26-27-29-31-33-35-37-39-41-43-45-51(55)53-49(48-59-60(56,57)58-47-46-52)50(54)44-42-40-38-36-34-32-30-28-20-18-16-14-12-10-8-6-4-2/h49-50,54H,3-48,52H2,1-2H3,(H,53,55)(H,56,57)/t49-,50+/m0/s1. The average Bonchev–Trinajstić information content (AvgIpc) is 3.24. The second kappa shape index (κ2) is 48.0. The summed E-state index contributed by atoms with van der Waals surface area (Å²) in [5.74, 6) is -0.153. The van der Waals surface area contributed by atoms with Gasteiger partial charge in [-0.1, -0.05) is 271 Å². The van der Waals surface area contributed by atoms with Crippen molar-refractivity contribution in [3.05, 3.63) is 0 Å². The fourth-order valence-electron chi connectivity index (χ4n) is 8.44. The van der Waals surface area contributed by atoms with Gasteiger partial charge >= 0.3 is 7.82 Å². The summed E-state index contributed by atoms with van der Waals surface area (Å²) in [6.45, 7) is 4.27. The highest BCUT2D eigenvalue weighted by molar-refractivity contribution is 7.47. The lowest BCUT2D eigenvalue weighted by Crippen LogP contribution is -2.46. The lowest BCUT2D eigenvalue weighted by Gasteiger charge is -2.25.